The topological polar surface area (TPSA) is 74.2 Å². The van der Waals surface area contributed by atoms with Crippen LogP contribution in [0.25, 0.3) is 0 Å². The number of nitrogens with zero attached hydrogens (tertiary/aromatic N) is 2. The summed E-state index contributed by atoms with van der Waals surface area (Å²) in [7, 11) is 0. The summed E-state index contributed by atoms with van der Waals surface area (Å²) < 4.78 is 10.3. The molecule has 2 heterocycles. The third kappa shape index (κ3) is 2.05. The van der Waals surface area contributed by atoms with Gasteiger partial charge in [0.2, 0.25) is 5.89 Å². The Morgan fingerprint density at radius 2 is 2.00 bits per heavy atom. The molecular formula is C8H14ClN3O2. The van der Waals surface area contributed by atoms with Crippen molar-refractivity contribution in [1.82, 2.24) is 10.1 Å². The SMILES string of the molecule is Cc1noc(C2(N)CCOCC2)n1.Cl. The Kier molecular flexibility index (Phi) is 3.47. The normalized spacial score (nSPS) is 20.1. The van der Waals surface area contributed by atoms with Crippen LogP contribution in [0.15, 0.2) is 4.52 Å². The zero-order valence-corrected chi connectivity index (χ0v) is 8.84. The van der Waals surface area contributed by atoms with Crippen LogP contribution in [0.2, 0.25) is 0 Å². The Hall–Kier alpha value is -0.650. The van der Waals surface area contributed by atoms with Crippen LogP contribution in [0.4, 0.5) is 0 Å². The van der Waals surface area contributed by atoms with Crippen molar-refractivity contribution in [3.8, 4) is 0 Å². The Morgan fingerprint density at radius 3 is 2.50 bits per heavy atom. The number of hydrogen-bond donors (Lipinski definition) is 1. The van der Waals surface area contributed by atoms with Gasteiger partial charge in [-0.15, -0.1) is 12.4 Å². The third-order valence-electron chi connectivity index (χ3n) is 2.34. The van der Waals surface area contributed by atoms with Crippen LogP contribution in [0.3, 0.4) is 0 Å². The van der Waals surface area contributed by atoms with Gasteiger partial charge in [-0.2, -0.15) is 4.98 Å². The Bertz CT molecular complexity index is 297. The van der Waals surface area contributed by atoms with E-state index in [4.69, 9.17) is 15.0 Å². The van der Waals surface area contributed by atoms with Gasteiger partial charge < -0.3 is 15.0 Å². The molecule has 1 fully saturated rings. The minimum absolute atomic E-state index is 0. The average Bonchev–Trinajstić information content (AvgIpc) is 2.54. The summed E-state index contributed by atoms with van der Waals surface area (Å²) in [6, 6.07) is 0. The molecule has 0 amide bonds. The summed E-state index contributed by atoms with van der Waals surface area (Å²) in [4.78, 5) is 4.15. The van der Waals surface area contributed by atoms with Crippen molar-refractivity contribution in [2.45, 2.75) is 25.3 Å². The number of aromatic nitrogens is 2. The molecule has 0 atom stereocenters. The molecule has 5 nitrogen and oxygen atoms in total. The smallest absolute Gasteiger partial charge is 0.246 e. The van der Waals surface area contributed by atoms with E-state index in [-0.39, 0.29) is 12.4 Å². The highest BCUT2D eigenvalue weighted by atomic mass is 35.5. The van der Waals surface area contributed by atoms with Crippen LogP contribution in [0.1, 0.15) is 24.6 Å². The lowest BCUT2D eigenvalue weighted by Gasteiger charge is -2.29. The lowest BCUT2D eigenvalue weighted by atomic mass is 9.91. The summed E-state index contributed by atoms with van der Waals surface area (Å²) in [6.07, 6.45) is 1.49. The average molecular weight is 220 g/mol. The first-order chi connectivity index (χ1) is 6.21. The van der Waals surface area contributed by atoms with Gasteiger partial charge in [0.05, 0.1) is 0 Å². The number of aryl methyl sites for hydroxylation is 1. The van der Waals surface area contributed by atoms with Crippen LogP contribution >= 0.6 is 12.4 Å². The van der Waals surface area contributed by atoms with Gasteiger partial charge in [-0.05, 0) is 19.8 Å². The van der Waals surface area contributed by atoms with Gasteiger partial charge in [0, 0.05) is 13.2 Å². The molecule has 14 heavy (non-hydrogen) atoms. The molecule has 0 unspecified atom stereocenters. The molecule has 2 rings (SSSR count). The lowest BCUT2D eigenvalue weighted by molar-refractivity contribution is 0.0400. The molecule has 0 aromatic carbocycles. The molecule has 1 aliphatic heterocycles. The van der Waals surface area contributed by atoms with E-state index in [0.29, 0.717) is 24.9 Å². The molecule has 1 aromatic heterocycles. The molecule has 2 N–H and O–H groups in total. The predicted molar refractivity (Wildman–Crippen MR) is 52.2 cm³/mol. The Labute approximate surface area is 88.4 Å². The highest BCUT2D eigenvalue weighted by Gasteiger charge is 2.35. The van der Waals surface area contributed by atoms with Gasteiger partial charge in [-0.3, -0.25) is 0 Å². The van der Waals surface area contributed by atoms with Gasteiger partial charge in [0.1, 0.15) is 5.54 Å². The predicted octanol–water partition coefficient (Wildman–Crippen LogP) is 0.764. The van der Waals surface area contributed by atoms with Crippen molar-refractivity contribution in [3.05, 3.63) is 11.7 Å². The second-order valence-electron chi connectivity index (χ2n) is 3.42. The molecule has 80 valence electrons. The van der Waals surface area contributed by atoms with Crippen LogP contribution in [0.5, 0.6) is 0 Å². The van der Waals surface area contributed by atoms with Gasteiger partial charge in [-0.25, -0.2) is 0 Å². The molecule has 1 saturated heterocycles. The number of halogens is 1. The highest BCUT2D eigenvalue weighted by Crippen LogP contribution is 2.27. The first kappa shape index (κ1) is 11.4. The fourth-order valence-corrected chi connectivity index (χ4v) is 1.45. The first-order valence-electron chi connectivity index (χ1n) is 4.38. The van der Waals surface area contributed by atoms with E-state index < -0.39 is 5.54 Å². The van der Waals surface area contributed by atoms with E-state index in [9.17, 15) is 0 Å². The molecular weight excluding hydrogens is 206 g/mol. The summed E-state index contributed by atoms with van der Waals surface area (Å²) in [5.41, 5.74) is 5.64. The van der Waals surface area contributed by atoms with Crippen LogP contribution in [-0.2, 0) is 10.3 Å². The van der Waals surface area contributed by atoms with E-state index in [1.165, 1.54) is 0 Å². The van der Waals surface area contributed by atoms with Crippen molar-refractivity contribution in [2.75, 3.05) is 13.2 Å². The molecule has 0 radical (unpaired) electrons. The van der Waals surface area contributed by atoms with Crippen LogP contribution in [-0.4, -0.2) is 23.4 Å². The molecule has 1 aromatic rings. The van der Waals surface area contributed by atoms with Crippen molar-refractivity contribution < 1.29 is 9.26 Å². The highest BCUT2D eigenvalue weighted by molar-refractivity contribution is 5.85. The largest absolute Gasteiger partial charge is 0.381 e. The quantitative estimate of drug-likeness (QED) is 0.755. The van der Waals surface area contributed by atoms with E-state index in [0.717, 1.165) is 12.8 Å². The zero-order chi connectivity index (χ0) is 9.31. The summed E-state index contributed by atoms with van der Waals surface area (Å²) in [6.45, 7) is 3.12. The van der Waals surface area contributed by atoms with Crippen LogP contribution in [0, 0.1) is 6.92 Å². The molecule has 6 heteroatoms. The van der Waals surface area contributed by atoms with Crippen molar-refractivity contribution in [1.29, 1.82) is 0 Å². The molecule has 0 aliphatic carbocycles. The second kappa shape index (κ2) is 4.25. The molecule has 1 aliphatic rings. The lowest BCUT2D eigenvalue weighted by Crippen LogP contribution is -2.42. The second-order valence-corrected chi connectivity index (χ2v) is 3.42. The number of rotatable bonds is 1. The van der Waals surface area contributed by atoms with Gasteiger partial charge in [0.25, 0.3) is 0 Å². The van der Waals surface area contributed by atoms with Gasteiger partial charge in [0.15, 0.2) is 5.82 Å². The number of hydrogen-bond acceptors (Lipinski definition) is 5. The van der Waals surface area contributed by atoms with Crippen molar-refractivity contribution in [2.24, 2.45) is 5.73 Å². The van der Waals surface area contributed by atoms with Crippen LogP contribution < -0.4 is 5.73 Å². The maximum atomic E-state index is 6.12. The summed E-state index contributed by atoms with van der Waals surface area (Å²) in [5.74, 6) is 1.17. The first-order valence-corrected chi connectivity index (χ1v) is 4.38. The van der Waals surface area contributed by atoms with E-state index in [1.807, 2.05) is 0 Å². The number of ether oxygens (including phenoxy) is 1. The maximum absolute atomic E-state index is 6.12. The standard InChI is InChI=1S/C8H13N3O2.ClH/c1-6-10-7(13-11-6)8(9)2-4-12-5-3-8;/h2-5,9H2,1H3;1H. The van der Waals surface area contributed by atoms with Gasteiger partial charge >= 0.3 is 0 Å². The zero-order valence-electron chi connectivity index (χ0n) is 8.02. The van der Waals surface area contributed by atoms with Crippen molar-refractivity contribution in [3.63, 3.8) is 0 Å². The van der Waals surface area contributed by atoms with E-state index in [1.54, 1.807) is 6.92 Å². The van der Waals surface area contributed by atoms with Gasteiger partial charge in [-0.1, -0.05) is 5.16 Å². The fraction of sp³-hybridized carbons (Fsp3) is 0.750. The molecule has 0 saturated carbocycles. The van der Waals surface area contributed by atoms with E-state index >= 15 is 0 Å². The fourth-order valence-electron chi connectivity index (χ4n) is 1.45. The molecule has 0 spiro atoms. The summed E-state index contributed by atoms with van der Waals surface area (Å²) >= 11 is 0. The van der Waals surface area contributed by atoms with Crippen molar-refractivity contribution >= 4 is 12.4 Å². The molecule has 0 bridgehead atoms. The van der Waals surface area contributed by atoms with E-state index in [2.05, 4.69) is 10.1 Å². The number of nitrogens with two attached hydrogens (primary N) is 1. The Balaban J connectivity index is 0.000000980. The minimum Gasteiger partial charge on any atom is -0.381 e. The third-order valence-corrected chi connectivity index (χ3v) is 2.34. The maximum Gasteiger partial charge on any atom is 0.246 e. The minimum atomic E-state index is -0.473. The monoisotopic (exact) mass is 219 g/mol. The summed E-state index contributed by atoms with van der Waals surface area (Å²) in [5, 5.41) is 3.73. The Morgan fingerprint density at radius 1 is 1.36 bits per heavy atom.